The van der Waals surface area contributed by atoms with Crippen molar-refractivity contribution in [1.82, 2.24) is 4.90 Å². The zero-order chi connectivity index (χ0) is 9.57. The van der Waals surface area contributed by atoms with E-state index >= 15 is 0 Å². The van der Waals surface area contributed by atoms with Crippen LogP contribution in [0.5, 0.6) is 0 Å². The molecule has 2 heteroatoms. The standard InChI is InChI=1S/C10H21NO/c1-9(2,3)8-11(6)10(4,5)7-12-8/h8H,7H2,1-6H3/t8-/m0/s1. The zero-order valence-electron chi connectivity index (χ0n) is 9.14. The number of hydrogen-bond acceptors (Lipinski definition) is 2. The van der Waals surface area contributed by atoms with Crippen LogP contribution in [-0.2, 0) is 4.74 Å². The summed E-state index contributed by atoms with van der Waals surface area (Å²) < 4.78 is 5.77. The highest BCUT2D eigenvalue weighted by molar-refractivity contribution is 4.91. The van der Waals surface area contributed by atoms with Crippen molar-refractivity contribution in [2.45, 2.75) is 46.4 Å². The minimum atomic E-state index is 0.192. The van der Waals surface area contributed by atoms with Crippen LogP contribution in [0.15, 0.2) is 0 Å². The Morgan fingerprint density at radius 1 is 1.33 bits per heavy atom. The maximum atomic E-state index is 5.77. The van der Waals surface area contributed by atoms with Gasteiger partial charge < -0.3 is 4.74 Å². The lowest BCUT2D eigenvalue weighted by Gasteiger charge is -2.36. The first kappa shape index (κ1) is 10.0. The number of rotatable bonds is 0. The van der Waals surface area contributed by atoms with Gasteiger partial charge in [-0.2, -0.15) is 0 Å². The van der Waals surface area contributed by atoms with Gasteiger partial charge >= 0.3 is 0 Å². The molecule has 0 spiro atoms. The SMILES string of the molecule is CN1[C@H](C(C)(C)C)OCC1(C)C. The van der Waals surface area contributed by atoms with E-state index in [9.17, 15) is 0 Å². The Hall–Kier alpha value is -0.0800. The first-order valence-electron chi connectivity index (χ1n) is 4.60. The van der Waals surface area contributed by atoms with Crippen LogP contribution in [0.4, 0.5) is 0 Å². The fourth-order valence-electron chi connectivity index (χ4n) is 1.64. The first-order chi connectivity index (χ1) is 5.25. The monoisotopic (exact) mass is 171 g/mol. The molecule has 0 aromatic heterocycles. The fraction of sp³-hybridized carbons (Fsp3) is 1.00. The maximum absolute atomic E-state index is 5.77. The molecule has 0 unspecified atom stereocenters. The summed E-state index contributed by atoms with van der Waals surface area (Å²) in [6, 6.07) is 0. The van der Waals surface area contributed by atoms with Crippen molar-refractivity contribution in [2.75, 3.05) is 13.7 Å². The average molecular weight is 171 g/mol. The second-order valence-electron chi connectivity index (χ2n) is 5.45. The molecule has 1 aliphatic rings. The van der Waals surface area contributed by atoms with Crippen molar-refractivity contribution in [3.05, 3.63) is 0 Å². The molecule has 2 nitrogen and oxygen atoms in total. The highest BCUT2D eigenvalue weighted by Gasteiger charge is 2.43. The lowest BCUT2D eigenvalue weighted by molar-refractivity contribution is -0.0411. The van der Waals surface area contributed by atoms with Gasteiger partial charge in [-0.15, -0.1) is 0 Å². The van der Waals surface area contributed by atoms with Crippen LogP contribution in [0.2, 0.25) is 0 Å². The summed E-state index contributed by atoms with van der Waals surface area (Å²) in [6.07, 6.45) is 0.257. The third-order valence-electron chi connectivity index (χ3n) is 2.64. The maximum Gasteiger partial charge on any atom is 0.115 e. The molecular weight excluding hydrogens is 150 g/mol. The predicted octanol–water partition coefficient (Wildman–Crippen LogP) is 2.10. The Morgan fingerprint density at radius 3 is 2.00 bits per heavy atom. The van der Waals surface area contributed by atoms with E-state index < -0.39 is 0 Å². The van der Waals surface area contributed by atoms with Gasteiger partial charge in [0.2, 0.25) is 0 Å². The molecule has 1 atom stereocenters. The second kappa shape index (κ2) is 2.71. The van der Waals surface area contributed by atoms with Crippen LogP contribution in [0.3, 0.4) is 0 Å². The topological polar surface area (TPSA) is 12.5 Å². The van der Waals surface area contributed by atoms with E-state index in [0.29, 0.717) is 0 Å². The molecule has 0 saturated carbocycles. The number of hydrogen-bond donors (Lipinski definition) is 0. The van der Waals surface area contributed by atoms with E-state index in [-0.39, 0.29) is 17.2 Å². The highest BCUT2D eigenvalue weighted by Crippen LogP contribution is 2.34. The van der Waals surface area contributed by atoms with E-state index in [1.165, 1.54) is 0 Å². The Labute approximate surface area is 75.9 Å². The Bertz CT molecular complexity index is 169. The molecule has 1 fully saturated rings. The zero-order valence-corrected chi connectivity index (χ0v) is 9.14. The number of nitrogens with zero attached hydrogens (tertiary/aromatic N) is 1. The molecule has 1 aliphatic heterocycles. The van der Waals surface area contributed by atoms with E-state index in [2.05, 4.69) is 46.6 Å². The predicted molar refractivity (Wildman–Crippen MR) is 51.0 cm³/mol. The first-order valence-corrected chi connectivity index (χ1v) is 4.60. The third-order valence-corrected chi connectivity index (χ3v) is 2.64. The van der Waals surface area contributed by atoms with Gasteiger partial charge in [-0.25, -0.2) is 0 Å². The average Bonchev–Trinajstić information content (AvgIpc) is 2.06. The molecule has 1 saturated heterocycles. The molecule has 0 aliphatic carbocycles. The van der Waals surface area contributed by atoms with E-state index in [1.54, 1.807) is 0 Å². The molecule has 1 heterocycles. The summed E-state index contributed by atoms with van der Waals surface area (Å²) >= 11 is 0. The number of ether oxygens (including phenoxy) is 1. The van der Waals surface area contributed by atoms with Crippen molar-refractivity contribution in [3.63, 3.8) is 0 Å². The van der Waals surface area contributed by atoms with Crippen LogP contribution in [0.1, 0.15) is 34.6 Å². The van der Waals surface area contributed by atoms with E-state index in [1.807, 2.05) is 0 Å². The van der Waals surface area contributed by atoms with Crippen molar-refractivity contribution in [2.24, 2.45) is 5.41 Å². The smallest absolute Gasteiger partial charge is 0.115 e. The summed E-state index contributed by atoms with van der Waals surface area (Å²) in [5, 5.41) is 0. The molecule has 0 aromatic rings. The van der Waals surface area contributed by atoms with Gasteiger partial charge in [0.15, 0.2) is 0 Å². The molecule has 0 N–H and O–H groups in total. The second-order valence-corrected chi connectivity index (χ2v) is 5.45. The van der Waals surface area contributed by atoms with Crippen LogP contribution >= 0.6 is 0 Å². The number of likely N-dealkylation sites (N-methyl/N-ethyl adjacent to an activating group) is 1. The highest BCUT2D eigenvalue weighted by atomic mass is 16.5. The van der Waals surface area contributed by atoms with Gasteiger partial charge in [-0.1, -0.05) is 20.8 Å². The summed E-state index contributed by atoms with van der Waals surface area (Å²) in [5.41, 5.74) is 0.403. The van der Waals surface area contributed by atoms with Crippen molar-refractivity contribution in [1.29, 1.82) is 0 Å². The summed E-state index contributed by atoms with van der Waals surface area (Å²) in [4.78, 5) is 2.33. The van der Waals surface area contributed by atoms with Gasteiger partial charge in [0.25, 0.3) is 0 Å². The van der Waals surface area contributed by atoms with Gasteiger partial charge in [0.1, 0.15) is 6.23 Å². The molecule has 12 heavy (non-hydrogen) atoms. The Kier molecular flexibility index (Phi) is 2.26. The third kappa shape index (κ3) is 1.64. The summed E-state index contributed by atoms with van der Waals surface area (Å²) in [5.74, 6) is 0. The van der Waals surface area contributed by atoms with Crippen molar-refractivity contribution < 1.29 is 4.74 Å². The van der Waals surface area contributed by atoms with Crippen molar-refractivity contribution in [3.8, 4) is 0 Å². The molecule has 0 bridgehead atoms. The minimum Gasteiger partial charge on any atom is -0.361 e. The largest absolute Gasteiger partial charge is 0.361 e. The van der Waals surface area contributed by atoms with Crippen LogP contribution in [0, 0.1) is 5.41 Å². The molecular formula is C10H21NO. The molecule has 0 amide bonds. The Balaban J connectivity index is 2.74. The summed E-state index contributed by atoms with van der Waals surface area (Å²) in [7, 11) is 2.14. The van der Waals surface area contributed by atoms with E-state index in [0.717, 1.165) is 6.61 Å². The van der Waals surface area contributed by atoms with Crippen LogP contribution in [0.25, 0.3) is 0 Å². The van der Waals surface area contributed by atoms with Crippen molar-refractivity contribution >= 4 is 0 Å². The van der Waals surface area contributed by atoms with E-state index in [4.69, 9.17) is 4.74 Å². The van der Waals surface area contributed by atoms with Crippen LogP contribution in [-0.4, -0.2) is 30.3 Å². The van der Waals surface area contributed by atoms with Gasteiger partial charge in [0.05, 0.1) is 6.61 Å². The normalized spacial score (nSPS) is 31.0. The van der Waals surface area contributed by atoms with Gasteiger partial charge in [-0.05, 0) is 20.9 Å². The molecule has 0 radical (unpaired) electrons. The fourth-order valence-corrected chi connectivity index (χ4v) is 1.64. The Morgan fingerprint density at radius 2 is 1.83 bits per heavy atom. The lowest BCUT2D eigenvalue weighted by Crippen LogP contribution is -2.45. The minimum absolute atomic E-state index is 0.192. The molecule has 0 aromatic carbocycles. The quantitative estimate of drug-likeness (QED) is 0.553. The van der Waals surface area contributed by atoms with Gasteiger partial charge in [0, 0.05) is 11.0 Å². The van der Waals surface area contributed by atoms with Gasteiger partial charge in [-0.3, -0.25) is 4.90 Å². The summed E-state index contributed by atoms with van der Waals surface area (Å²) in [6.45, 7) is 11.9. The molecule has 1 rings (SSSR count). The van der Waals surface area contributed by atoms with Crippen LogP contribution < -0.4 is 0 Å². The lowest BCUT2D eigenvalue weighted by atomic mass is 9.92. The molecule has 72 valence electrons.